The van der Waals surface area contributed by atoms with Crippen molar-refractivity contribution in [2.45, 2.75) is 30.4 Å². The molecule has 1 saturated heterocycles. The second-order valence-corrected chi connectivity index (χ2v) is 6.24. The molecule has 22 heavy (non-hydrogen) atoms. The van der Waals surface area contributed by atoms with E-state index in [1.54, 1.807) is 25.1 Å². The third-order valence-corrected chi connectivity index (χ3v) is 4.35. The molecule has 2 rings (SSSR count). The molecule has 1 aliphatic rings. The molecule has 0 aliphatic carbocycles. The van der Waals surface area contributed by atoms with Crippen LogP contribution in [0.2, 0.25) is 0 Å². The summed E-state index contributed by atoms with van der Waals surface area (Å²) < 4.78 is 18.7. The zero-order chi connectivity index (χ0) is 16.1. The van der Waals surface area contributed by atoms with Crippen LogP contribution in [0.3, 0.4) is 0 Å². The predicted molar refractivity (Wildman–Crippen MR) is 80.3 cm³/mol. The number of hydrogen-bond donors (Lipinski definition) is 1. The first-order valence-corrected chi connectivity index (χ1v) is 7.99. The molecule has 7 heteroatoms. The van der Waals surface area contributed by atoms with Crippen LogP contribution in [0.4, 0.5) is 4.39 Å². The molecule has 0 bridgehead atoms. The summed E-state index contributed by atoms with van der Waals surface area (Å²) in [5, 5.41) is 9.00. The highest BCUT2D eigenvalue weighted by atomic mass is 32.2. The van der Waals surface area contributed by atoms with Crippen molar-refractivity contribution in [3.63, 3.8) is 0 Å². The molecule has 0 radical (unpaired) electrons. The van der Waals surface area contributed by atoms with Gasteiger partial charge in [-0.15, -0.1) is 11.8 Å². The van der Waals surface area contributed by atoms with Gasteiger partial charge in [0.15, 0.2) is 6.10 Å². The topological polar surface area (TPSA) is 66.8 Å². The van der Waals surface area contributed by atoms with Gasteiger partial charge in [-0.05, 0) is 19.1 Å². The van der Waals surface area contributed by atoms with Crippen LogP contribution in [0.15, 0.2) is 29.2 Å². The van der Waals surface area contributed by atoms with Gasteiger partial charge in [0, 0.05) is 23.6 Å². The fourth-order valence-electron chi connectivity index (χ4n) is 2.26. The minimum Gasteiger partial charge on any atom is -0.479 e. The van der Waals surface area contributed by atoms with Gasteiger partial charge in [-0.1, -0.05) is 12.1 Å². The monoisotopic (exact) mass is 327 g/mol. The van der Waals surface area contributed by atoms with Crippen LogP contribution in [0, 0.1) is 5.82 Å². The van der Waals surface area contributed by atoms with Crippen molar-refractivity contribution in [1.82, 2.24) is 4.90 Å². The summed E-state index contributed by atoms with van der Waals surface area (Å²) in [5.74, 6) is -1.05. The smallest absolute Gasteiger partial charge is 0.334 e. The van der Waals surface area contributed by atoms with Gasteiger partial charge in [0.05, 0.1) is 12.6 Å². The van der Waals surface area contributed by atoms with Crippen molar-refractivity contribution in [3.05, 3.63) is 30.1 Å². The first-order valence-electron chi connectivity index (χ1n) is 7.00. The maximum Gasteiger partial charge on any atom is 0.334 e. The van der Waals surface area contributed by atoms with Crippen molar-refractivity contribution >= 4 is 23.6 Å². The number of thioether (sulfide) groups is 1. The average molecular weight is 327 g/mol. The Bertz CT molecular complexity index is 554. The number of morpholine rings is 1. The highest BCUT2D eigenvalue weighted by Crippen LogP contribution is 2.22. The molecule has 1 unspecified atom stereocenters. The molecule has 1 aliphatic heterocycles. The van der Waals surface area contributed by atoms with Gasteiger partial charge in [-0.3, -0.25) is 4.79 Å². The normalized spacial score (nSPS) is 21.6. The zero-order valence-electron chi connectivity index (χ0n) is 12.2. The summed E-state index contributed by atoms with van der Waals surface area (Å²) in [4.78, 5) is 25.2. The number of aliphatic carboxylic acids is 1. The van der Waals surface area contributed by atoms with Crippen LogP contribution in [0.25, 0.3) is 0 Å². The lowest BCUT2D eigenvalue weighted by Crippen LogP contribution is -2.51. The number of carboxylic acids is 1. The van der Waals surface area contributed by atoms with E-state index in [9.17, 15) is 14.0 Å². The van der Waals surface area contributed by atoms with E-state index in [1.165, 1.54) is 22.7 Å². The predicted octanol–water partition coefficient (Wildman–Crippen LogP) is 2.01. The molecule has 0 aromatic heterocycles. The first kappa shape index (κ1) is 16.8. The van der Waals surface area contributed by atoms with Crippen LogP contribution >= 0.6 is 11.8 Å². The molecule has 2 atom stereocenters. The van der Waals surface area contributed by atoms with Crippen molar-refractivity contribution < 1.29 is 23.8 Å². The van der Waals surface area contributed by atoms with E-state index in [-0.39, 0.29) is 30.8 Å². The molecule has 120 valence electrons. The molecule has 1 aromatic rings. The Kier molecular flexibility index (Phi) is 5.79. The summed E-state index contributed by atoms with van der Waals surface area (Å²) in [6.07, 6.45) is -1.05. The highest BCUT2D eigenvalue weighted by Gasteiger charge is 2.32. The third kappa shape index (κ3) is 4.45. The summed E-state index contributed by atoms with van der Waals surface area (Å²) in [6, 6.07) is 6.41. The van der Waals surface area contributed by atoms with E-state index in [2.05, 4.69) is 0 Å². The zero-order valence-corrected chi connectivity index (χ0v) is 13.0. The molecule has 5 nitrogen and oxygen atoms in total. The maximum absolute atomic E-state index is 13.5. The lowest BCUT2D eigenvalue weighted by molar-refractivity contribution is -0.166. The Morgan fingerprint density at radius 3 is 2.82 bits per heavy atom. The fraction of sp³-hybridized carbons (Fsp3) is 0.467. The summed E-state index contributed by atoms with van der Waals surface area (Å²) >= 11 is 1.28. The Balaban J connectivity index is 1.84. The SMILES string of the molecule is C[C@@H]1CN(C(=O)CCSc2ccccc2F)CC(C(=O)O)O1. The average Bonchev–Trinajstić information content (AvgIpc) is 2.48. The van der Waals surface area contributed by atoms with E-state index in [4.69, 9.17) is 9.84 Å². The van der Waals surface area contributed by atoms with Crippen molar-refractivity contribution in [2.75, 3.05) is 18.8 Å². The van der Waals surface area contributed by atoms with Crippen molar-refractivity contribution in [1.29, 1.82) is 0 Å². The van der Waals surface area contributed by atoms with Gasteiger partial charge in [0.2, 0.25) is 5.91 Å². The number of hydrogen-bond acceptors (Lipinski definition) is 4. The third-order valence-electron chi connectivity index (χ3n) is 3.30. The number of benzene rings is 1. The molecule has 0 spiro atoms. The number of carboxylic acid groups (broad SMARTS) is 1. The molecule has 1 aromatic carbocycles. The van der Waals surface area contributed by atoms with Gasteiger partial charge in [-0.2, -0.15) is 0 Å². The van der Waals surface area contributed by atoms with Crippen molar-refractivity contribution in [2.24, 2.45) is 0 Å². The maximum atomic E-state index is 13.5. The van der Waals surface area contributed by atoms with Crippen molar-refractivity contribution in [3.8, 4) is 0 Å². The second-order valence-electron chi connectivity index (χ2n) is 5.10. The highest BCUT2D eigenvalue weighted by molar-refractivity contribution is 7.99. The molecule has 1 fully saturated rings. The lowest BCUT2D eigenvalue weighted by Gasteiger charge is -2.35. The summed E-state index contributed by atoms with van der Waals surface area (Å²) in [7, 11) is 0. The summed E-state index contributed by atoms with van der Waals surface area (Å²) in [6.45, 7) is 2.18. The largest absolute Gasteiger partial charge is 0.479 e. The number of rotatable bonds is 5. The molecule has 0 saturated carbocycles. The number of amides is 1. The second kappa shape index (κ2) is 7.60. The van der Waals surface area contributed by atoms with E-state index < -0.39 is 12.1 Å². The molecular weight excluding hydrogens is 309 g/mol. The van der Waals surface area contributed by atoms with Crippen LogP contribution in [0.5, 0.6) is 0 Å². The number of carbonyl (C=O) groups is 2. The van der Waals surface area contributed by atoms with Crippen LogP contribution in [0.1, 0.15) is 13.3 Å². The molecular formula is C15H18FNO4S. The number of carbonyl (C=O) groups excluding carboxylic acids is 1. The molecule has 1 N–H and O–H groups in total. The Labute approximate surface area is 132 Å². The van der Waals surface area contributed by atoms with Gasteiger partial charge in [-0.25, -0.2) is 9.18 Å². The number of nitrogens with zero attached hydrogens (tertiary/aromatic N) is 1. The molecule has 1 amide bonds. The molecule has 1 heterocycles. The van der Waals surface area contributed by atoms with E-state index >= 15 is 0 Å². The Morgan fingerprint density at radius 2 is 2.14 bits per heavy atom. The minimum atomic E-state index is -1.06. The van der Waals surface area contributed by atoms with E-state index in [0.717, 1.165) is 0 Å². The minimum absolute atomic E-state index is 0.0584. The van der Waals surface area contributed by atoms with Crippen LogP contribution in [-0.2, 0) is 14.3 Å². The quantitative estimate of drug-likeness (QED) is 0.838. The van der Waals surface area contributed by atoms with Crippen LogP contribution in [-0.4, -0.2) is 52.9 Å². The Morgan fingerprint density at radius 1 is 1.41 bits per heavy atom. The van der Waals surface area contributed by atoms with E-state index in [0.29, 0.717) is 17.2 Å². The standard InChI is InChI=1S/C15H18FNO4S/c1-10-8-17(9-12(21-10)15(19)20)14(18)6-7-22-13-5-3-2-4-11(13)16/h2-5,10,12H,6-9H2,1H3,(H,19,20)/t10-,12?/m1/s1. The van der Waals surface area contributed by atoms with Gasteiger partial charge in [0.1, 0.15) is 5.82 Å². The number of ether oxygens (including phenoxy) is 1. The summed E-state index contributed by atoms with van der Waals surface area (Å²) in [5.41, 5.74) is 0. The van der Waals surface area contributed by atoms with E-state index in [1.807, 2.05) is 0 Å². The van der Waals surface area contributed by atoms with Crippen LogP contribution < -0.4 is 0 Å². The Hall–Kier alpha value is -1.60. The first-order chi connectivity index (χ1) is 10.5. The lowest BCUT2D eigenvalue weighted by atomic mass is 10.2. The van der Waals surface area contributed by atoms with Gasteiger partial charge in [0.25, 0.3) is 0 Å². The van der Waals surface area contributed by atoms with Gasteiger partial charge < -0.3 is 14.7 Å². The number of halogens is 1. The fourth-order valence-corrected chi connectivity index (χ4v) is 3.14. The van der Waals surface area contributed by atoms with Gasteiger partial charge >= 0.3 is 5.97 Å².